The Hall–Kier alpha value is -1.53. The van der Waals surface area contributed by atoms with Crippen molar-refractivity contribution < 1.29 is 0 Å². The highest BCUT2D eigenvalue weighted by Gasteiger charge is 2.21. The van der Waals surface area contributed by atoms with Crippen LogP contribution in [0.3, 0.4) is 0 Å². The SMILES string of the molecule is Cc1ccc(N2CCCNCC2CC#N)cc1C. The summed E-state index contributed by atoms with van der Waals surface area (Å²) in [6.07, 6.45) is 1.72. The Morgan fingerprint density at radius 3 is 2.94 bits per heavy atom. The molecule has 0 aliphatic carbocycles. The molecule has 1 aromatic rings. The van der Waals surface area contributed by atoms with Gasteiger partial charge in [-0.05, 0) is 50.1 Å². The monoisotopic (exact) mass is 243 g/mol. The van der Waals surface area contributed by atoms with Crippen molar-refractivity contribution in [3.8, 4) is 6.07 Å². The Morgan fingerprint density at radius 2 is 2.22 bits per heavy atom. The fourth-order valence-corrected chi connectivity index (χ4v) is 2.47. The first-order valence-electron chi connectivity index (χ1n) is 6.64. The number of nitrogens with one attached hydrogen (secondary N) is 1. The third-order valence-electron chi connectivity index (χ3n) is 3.72. The first-order valence-corrected chi connectivity index (χ1v) is 6.64. The van der Waals surface area contributed by atoms with Gasteiger partial charge >= 0.3 is 0 Å². The average molecular weight is 243 g/mol. The molecule has 1 fully saturated rings. The van der Waals surface area contributed by atoms with Gasteiger partial charge in [-0.1, -0.05) is 6.07 Å². The van der Waals surface area contributed by atoms with E-state index in [1.165, 1.54) is 16.8 Å². The van der Waals surface area contributed by atoms with Crippen molar-refractivity contribution in [1.29, 1.82) is 5.26 Å². The molecule has 3 nitrogen and oxygen atoms in total. The number of rotatable bonds is 2. The predicted molar refractivity (Wildman–Crippen MR) is 74.8 cm³/mol. The van der Waals surface area contributed by atoms with E-state index in [4.69, 9.17) is 5.26 Å². The first kappa shape index (κ1) is 12.9. The number of aryl methyl sites for hydroxylation is 2. The minimum atomic E-state index is 0.291. The largest absolute Gasteiger partial charge is 0.366 e. The van der Waals surface area contributed by atoms with Crippen LogP contribution in [0, 0.1) is 25.2 Å². The topological polar surface area (TPSA) is 39.1 Å². The number of nitrogens with zero attached hydrogens (tertiary/aromatic N) is 2. The molecule has 1 aromatic carbocycles. The number of benzene rings is 1. The molecule has 0 amide bonds. The van der Waals surface area contributed by atoms with Gasteiger partial charge < -0.3 is 10.2 Å². The zero-order valence-electron chi connectivity index (χ0n) is 11.2. The van der Waals surface area contributed by atoms with Crippen molar-refractivity contribution in [2.45, 2.75) is 32.7 Å². The predicted octanol–water partition coefficient (Wildman–Crippen LogP) is 2.39. The molecular formula is C15H21N3. The van der Waals surface area contributed by atoms with Crippen molar-refractivity contribution in [3.63, 3.8) is 0 Å². The van der Waals surface area contributed by atoms with Crippen LogP contribution in [0.2, 0.25) is 0 Å². The summed E-state index contributed by atoms with van der Waals surface area (Å²) in [4.78, 5) is 2.38. The summed E-state index contributed by atoms with van der Waals surface area (Å²) in [7, 11) is 0. The van der Waals surface area contributed by atoms with Gasteiger partial charge in [-0.2, -0.15) is 5.26 Å². The number of hydrogen-bond acceptors (Lipinski definition) is 3. The van der Waals surface area contributed by atoms with Crippen LogP contribution in [0.25, 0.3) is 0 Å². The van der Waals surface area contributed by atoms with E-state index in [9.17, 15) is 0 Å². The molecule has 1 atom stereocenters. The van der Waals surface area contributed by atoms with Gasteiger partial charge in [0.05, 0.1) is 18.5 Å². The zero-order valence-corrected chi connectivity index (χ0v) is 11.2. The van der Waals surface area contributed by atoms with Crippen LogP contribution in [-0.2, 0) is 0 Å². The van der Waals surface area contributed by atoms with E-state index < -0.39 is 0 Å². The summed E-state index contributed by atoms with van der Waals surface area (Å²) in [5.74, 6) is 0. The lowest BCUT2D eigenvalue weighted by molar-refractivity contribution is 0.597. The van der Waals surface area contributed by atoms with Gasteiger partial charge in [0, 0.05) is 18.8 Å². The van der Waals surface area contributed by atoms with Crippen LogP contribution in [0.15, 0.2) is 18.2 Å². The maximum Gasteiger partial charge on any atom is 0.0643 e. The van der Waals surface area contributed by atoms with E-state index in [0.29, 0.717) is 12.5 Å². The molecule has 2 rings (SSSR count). The van der Waals surface area contributed by atoms with Crippen molar-refractivity contribution >= 4 is 5.69 Å². The van der Waals surface area contributed by atoms with Crippen LogP contribution < -0.4 is 10.2 Å². The first-order chi connectivity index (χ1) is 8.72. The van der Waals surface area contributed by atoms with E-state index in [-0.39, 0.29) is 0 Å². The second-order valence-corrected chi connectivity index (χ2v) is 5.04. The van der Waals surface area contributed by atoms with Crippen LogP contribution in [0.1, 0.15) is 24.0 Å². The summed E-state index contributed by atoms with van der Waals surface area (Å²) in [6, 6.07) is 9.19. The molecule has 18 heavy (non-hydrogen) atoms. The molecule has 0 bridgehead atoms. The lowest BCUT2D eigenvalue weighted by atomic mass is 10.1. The lowest BCUT2D eigenvalue weighted by Gasteiger charge is -2.30. The van der Waals surface area contributed by atoms with Crippen molar-refractivity contribution in [2.24, 2.45) is 0 Å². The fraction of sp³-hybridized carbons (Fsp3) is 0.533. The molecule has 3 heteroatoms. The van der Waals surface area contributed by atoms with Gasteiger partial charge in [0.25, 0.3) is 0 Å². The van der Waals surface area contributed by atoms with Crippen LogP contribution in [-0.4, -0.2) is 25.7 Å². The molecule has 0 spiro atoms. The highest BCUT2D eigenvalue weighted by atomic mass is 15.2. The van der Waals surface area contributed by atoms with E-state index in [1.807, 2.05) is 0 Å². The molecule has 96 valence electrons. The van der Waals surface area contributed by atoms with E-state index in [2.05, 4.69) is 48.3 Å². The van der Waals surface area contributed by atoms with Crippen molar-refractivity contribution in [2.75, 3.05) is 24.5 Å². The van der Waals surface area contributed by atoms with Gasteiger partial charge in [0.15, 0.2) is 0 Å². The fourth-order valence-electron chi connectivity index (χ4n) is 2.47. The molecule has 1 N–H and O–H groups in total. The number of anilines is 1. The van der Waals surface area contributed by atoms with Gasteiger partial charge in [-0.25, -0.2) is 0 Å². The third kappa shape index (κ3) is 2.83. The maximum atomic E-state index is 8.97. The van der Waals surface area contributed by atoms with Crippen molar-refractivity contribution in [1.82, 2.24) is 5.32 Å². The Labute approximate surface area is 109 Å². The highest BCUT2D eigenvalue weighted by Crippen LogP contribution is 2.23. The Balaban J connectivity index is 2.26. The van der Waals surface area contributed by atoms with Gasteiger partial charge in [-0.15, -0.1) is 0 Å². The molecule has 0 saturated carbocycles. The Morgan fingerprint density at radius 1 is 1.39 bits per heavy atom. The minimum Gasteiger partial charge on any atom is -0.366 e. The van der Waals surface area contributed by atoms with Crippen LogP contribution >= 0.6 is 0 Å². The summed E-state index contributed by atoms with van der Waals surface area (Å²) >= 11 is 0. The quantitative estimate of drug-likeness (QED) is 0.867. The normalized spacial score (nSPS) is 20.3. The lowest BCUT2D eigenvalue weighted by Crippen LogP contribution is -2.39. The van der Waals surface area contributed by atoms with Crippen molar-refractivity contribution in [3.05, 3.63) is 29.3 Å². The number of nitriles is 1. The van der Waals surface area contributed by atoms with Crippen LogP contribution in [0.4, 0.5) is 5.69 Å². The smallest absolute Gasteiger partial charge is 0.0643 e. The molecule has 1 aliphatic rings. The van der Waals surface area contributed by atoms with E-state index in [0.717, 1.165) is 26.1 Å². The zero-order chi connectivity index (χ0) is 13.0. The van der Waals surface area contributed by atoms with Gasteiger partial charge in [0.2, 0.25) is 0 Å². The van der Waals surface area contributed by atoms with Gasteiger partial charge in [-0.3, -0.25) is 0 Å². The molecule has 0 aromatic heterocycles. The molecule has 1 aliphatic heterocycles. The molecule has 1 unspecified atom stereocenters. The van der Waals surface area contributed by atoms with Gasteiger partial charge in [0.1, 0.15) is 0 Å². The Kier molecular flexibility index (Phi) is 4.22. The summed E-state index contributed by atoms with van der Waals surface area (Å²) in [6.45, 7) is 7.26. The third-order valence-corrected chi connectivity index (χ3v) is 3.72. The molecular weight excluding hydrogens is 222 g/mol. The van der Waals surface area contributed by atoms with Crippen LogP contribution in [0.5, 0.6) is 0 Å². The van der Waals surface area contributed by atoms with E-state index in [1.54, 1.807) is 0 Å². The standard InChI is InChI=1S/C15H21N3/c1-12-4-5-14(10-13(12)2)18-9-3-8-17-11-15(18)6-7-16/h4-5,10,15,17H,3,6,8-9,11H2,1-2H3. The Bertz CT molecular complexity index is 448. The molecule has 0 radical (unpaired) electrons. The second kappa shape index (κ2) is 5.88. The maximum absolute atomic E-state index is 8.97. The second-order valence-electron chi connectivity index (χ2n) is 5.04. The summed E-state index contributed by atoms with van der Waals surface area (Å²) in [5.41, 5.74) is 3.89. The minimum absolute atomic E-state index is 0.291. The average Bonchev–Trinajstić information content (AvgIpc) is 2.59. The highest BCUT2D eigenvalue weighted by molar-refractivity contribution is 5.51. The molecule has 1 heterocycles. The summed E-state index contributed by atoms with van der Waals surface area (Å²) in [5, 5.41) is 12.4. The number of hydrogen-bond donors (Lipinski definition) is 1. The molecule has 1 saturated heterocycles. The summed E-state index contributed by atoms with van der Waals surface area (Å²) < 4.78 is 0. The van der Waals surface area contributed by atoms with E-state index >= 15 is 0 Å².